The number of hydrogen-bond acceptors (Lipinski definition) is 4. The molecule has 2 aliphatic heterocycles. The molecule has 0 saturated carbocycles. The van der Waals surface area contributed by atoms with Gasteiger partial charge in [0.1, 0.15) is 5.82 Å². The molecular weight excluding hydrogens is 254 g/mol. The minimum absolute atomic E-state index is 0.536. The van der Waals surface area contributed by atoms with Crippen molar-refractivity contribution >= 4 is 11.3 Å². The average Bonchev–Trinajstić information content (AvgIpc) is 2.99. The van der Waals surface area contributed by atoms with Crippen molar-refractivity contribution in [3.05, 3.63) is 45.7 Å². The van der Waals surface area contributed by atoms with Crippen molar-refractivity contribution in [3.63, 3.8) is 0 Å². The lowest BCUT2D eigenvalue weighted by Gasteiger charge is -2.35. The maximum Gasteiger partial charge on any atom is 0.125 e. The predicted molar refractivity (Wildman–Crippen MR) is 76.1 cm³/mol. The van der Waals surface area contributed by atoms with Gasteiger partial charge in [-0.15, -0.1) is 0 Å². The molecule has 98 valence electrons. The first-order valence-electron chi connectivity index (χ1n) is 6.90. The third-order valence-corrected chi connectivity index (χ3v) is 5.13. The Bertz CT molecular complexity index is 593. The van der Waals surface area contributed by atoms with E-state index in [0.717, 1.165) is 18.8 Å². The Labute approximate surface area is 117 Å². The van der Waals surface area contributed by atoms with Crippen LogP contribution in [0.25, 0.3) is 0 Å². The zero-order valence-corrected chi connectivity index (χ0v) is 11.9. The van der Waals surface area contributed by atoms with Crippen LogP contribution in [0.1, 0.15) is 41.5 Å². The fraction of sp³-hybridized carbons (Fsp3) is 0.467. The van der Waals surface area contributed by atoms with Crippen LogP contribution < -0.4 is 0 Å². The molecule has 2 aromatic heterocycles. The zero-order valence-electron chi connectivity index (χ0n) is 11.0. The Morgan fingerprint density at radius 3 is 3.21 bits per heavy atom. The van der Waals surface area contributed by atoms with E-state index in [-0.39, 0.29) is 0 Å². The summed E-state index contributed by atoms with van der Waals surface area (Å²) in [6, 6.07) is 3.45. The van der Waals surface area contributed by atoms with Gasteiger partial charge in [0.05, 0.1) is 5.69 Å². The third-order valence-electron chi connectivity index (χ3n) is 4.40. The predicted octanol–water partition coefficient (Wildman–Crippen LogP) is 3.11. The fourth-order valence-electron chi connectivity index (χ4n) is 3.51. The fourth-order valence-corrected chi connectivity index (χ4v) is 4.17. The molecular formula is C15H17N3S. The van der Waals surface area contributed by atoms with Crippen LogP contribution >= 0.6 is 11.3 Å². The number of thiophene rings is 1. The van der Waals surface area contributed by atoms with Crippen molar-refractivity contribution in [2.75, 3.05) is 0 Å². The van der Waals surface area contributed by atoms with Crippen molar-refractivity contribution < 1.29 is 0 Å². The summed E-state index contributed by atoms with van der Waals surface area (Å²) < 4.78 is 0. The van der Waals surface area contributed by atoms with E-state index < -0.39 is 0 Å². The van der Waals surface area contributed by atoms with Gasteiger partial charge < -0.3 is 0 Å². The molecule has 0 aliphatic carbocycles. The van der Waals surface area contributed by atoms with E-state index >= 15 is 0 Å². The van der Waals surface area contributed by atoms with Gasteiger partial charge in [0.2, 0.25) is 0 Å². The van der Waals surface area contributed by atoms with E-state index in [0.29, 0.717) is 12.1 Å². The SMILES string of the molecule is Cc1ncc2c(n1)C[C@@H]1CC[C@@H]2N1Cc1ccsc1. The number of rotatable bonds is 2. The van der Waals surface area contributed by atoms with Crippen LogP contribution in [0.5, 0.6) is 0 Å². The molecule has 0 radical (unpaired) electrons. The number of aryl methyl sites for hydroxylation is 1. The summed E-state index contributed by atoms with van der Waals surface area (Å²) in [5.41, 5.74) is 4.11. The van der Waals surface area contributed by atoms with Gasteiger partial charge >= 0.3 is 0 Å². The monoisotopic (exact) mass is 271 g/mol. The second kappa shape index (κ2) is 4.39. The Kier molecular flexibility index (Phi) is 2.67. The Morgan fingerprint density at radius 2 is 2.37 bits per heavy atom. The Hall–Kier alpha value is -1.26. The van der Waals surface area contributed by atoms with Crippen LogP contribution in [0.15, 0.2) is 23.0 Å². The molecule has 1 saturated heterocycles. The molecule has 3 nitrogen and oxygen atoms in total. The van der Waals surface area contributed by atoms with Crippen LogP contribution in [-0.4, -0.2) is 20.9 Å². The molecule has 0 amide bonds. The van der Waals surface area contributed by atoms with Gasteiger partial charge in [-0.1, -0.05) is 0 Å². The molecule has 4 heteroatoms. The summed E-state index contributed by atoms with van der Waals surface area (Å²) in [6.45, 7) is 3.06. The van der Waals surface area contributed by atoms with Crippen LogP contribution in [0, 0.1) is 6.92 Å². The minimum atomic E-state index is 0.536. The van der Waals surface area contributed by atoms with Gasteiger partial charge in [-0.25, -0.2) is 9.97 Å². The van der Waals surface area contributed by atoms with E-state index in [1.165, 1.54) is 29.7 Å². The summed E-state index contributed by atoms with van der Waals surface area (Å²) in [4.78, 5) is 11.7. The molecule has 2 aromatic rings. The molecule has 0 N–H and O–H groups in total. The van der Waals surface area contributed by atoms with E-state index in [9.17, 15) is 0 Å². The first kappa shape index (κ1) is 11.6. The molecule has 0 unspecified atom stereocenters. The zero-order chi connectivity index (χ0) is 12.8. The van der Waals surface area contributed by atoms with E-state index in [2.05, 4.69) is 37.9 Å². The van der Waals surface area contributed by atoms with Gasteiger partial charge in [0.25, 0.3) is 0 Å². The number of hydrogen-bond donors (Lipinski definition) is 0. The summed E-state index contributed by atoms with van der Waals surface area (Å²) in [5, 5.41) is 4.43. The van der Waals surface area contributed by atoms with Crippen molar-refractivity contribution in [2.24, 2.45) is 0 Å². The second-order valence-corrected chi connectivity index (χ2v) is 6.35. The summed E-state index contributed by atoms with van der Waals surface area (Å²) in [6.07, 6.45) is 5.71. The van der Waals surface area contributed by atoms with Gasteiger partial charge in [0.15, 0.2) is 0 Å². The quantitative estimate of drug-likeness (QED) is 0.840. The normalized spacial score (nSPS) is 25.5. The maximum absolute atomic E-state index is 4.65. The molecule has 4 rings (SSSR count). The van der Waals surface area contributed by atoms with E-state index in [1.807, 2.05) is 6.92 Å². The van der Waals surface area contributed by atoms with E-state index in [4.69, 9.17) is 0 Å². The highest BCUT2D eigenvalue weighted by atomic mass is 32.1. The highest BCUT2D eigenvalue weighted by Gasteiger charge is 2.40. The van der Waals surface area contributed by atoms with Crippen LogP contribution in [-0.2, 0) is 13.0 Å². The number of aromatic nitrogens is 2. The average molecular weight is 271 g/mol. The molecule has 2 atom stereocenters. The van der Waals surface area contributed by atoms with Crippen molar-refractivity contribution in [3.8, 4) is 0 Å². The standard InChI is InChI=1S/C15H17N3S/c1-10-16-7-13-14(17-10)6-12-2-3-15(13)18(12)8-11-4-5-19-9-11/h4-5,7,9,12,15H,2-3,6,8H2,1H3/t12-,15-/m0/s1. The summed E-state index contributed by atoms with van der Waals surface area (Å²) in [7, 11) is 0. The van der Waals surface area contributed by atoms with Crippen molar-refractivity contribution in [1.29, 1.82) is 0 Å². The van der Waals surface area contributed by atoms with Gasteiger partial charge in [0, 0.05) is 36.8 Å². The lowest BCUT2D eigenvalue weighted by Crippen LogP contribution is -2.37. The molecule has 2 aliphatic rings. The topological polar surface area (TPSA) is 29.0 Å². The van der Waals surface area contributed by atoms with Gasteiger partial charge in [-0.05, 0) is 42.2 Å². The smallest absolute Gasteiger partial charge is 0.125 e. The van der Waals surface area contributed by atoms with Gasteiger partial charge in [-0.3, -0.25) is 4.90 Å². The summed E-state index contributed by atoms with van der Waals surface area (Å²) in [5.74, 6) is 0.907. The lowest BCUT2D eigenvalue weighted by molar-refractivity contribution is 0.166. The molecule has 0 aromatic carbocycles. The lowest BCUT2D eigenvalue weighted by atomic mass is 9.99. The largest absolute Gasteiger partial charge is 0.289 e. The highest BCUT2D eigenvalue weighted by molar-refractivity contribution is 7.07. The first-order valence-corrected chi connectivity index (χ1v) is 7.85. The number of fused-ring (bicyclic) bond motifs is 4. The Balaban J connectivity index is 1.68. The number of nitrogens with zero attached hydrogens (tertiary/aromatic N) is 3. The Morgan fingerprint density at radius 1 is 1.42 bits per heavy atom. The minimum Gasteiger partial charge on any atom is -0.289 e. The van der Waals surface area contributed by atoms with Crippen LogP contribution in [0.2, 0.25) is 0 Å². The third kappa shape index (κ3) is 1.90. The molecule has 1 fully saturated rings. The molecule has 4 heterocycles. The maximum atomic E-state index is 4.65. The van der Waals surface area contributed by atoms with E-state index in [1.54, 1.807) is 11.3 Å². The van der Waals surface area contributed by atoms with Crippen molar-refractivity contribution in [1.82, 2.24) is 14.9 Å². The molecule has 0 spiro atoms. The summed E-state index contributed by atoms with van der Waals surface area (Å²) >= 11 is 1.79. The van der Waals surface area contributed by atoms with Crippen LogP contribution in [0.4, 0.5) is 0 Å². The second-order valence-electron chi connectivity index (χ2n) is 5.57. The van der Waals surface area contributed by atoms with Crippen molar-refractivity contribution in [2.45, 2.75) is 44.8 Å². The highest BCUT2D eigenvalue weighted by Crippen LogP contribution is 2.43. The molecule has 2 bridgehead atoms. The van der Waals surface area contributed by atoms with Gasteiger partial charge in [-0.2, -0.15) is 11.3 Å². The first-order chi connectivity index (χ1) is 9.31. The van der Waals surface area contributed by atoms with Crippen LogP contribution in [0.3, 0.4) is 0 Å². The molecule has 19 heavy (non-hydrogen) atoms.